The van der Waals surface area contributed by atoms with Crippen LogP contribution in [0.15, 0.2) is 35.5 Å². The molecule has 3 aromatic rings. The van der Waals surface area contributed by atoms with Crippen LogP contribution in [-0.2, 0) is 16.6 Å². The molecule has 0 spiro atoms. The number of hydrogen-bond donors (Lipinski definition) is 0. The molecular formula is C16H18ClN7O2S. The second kappa shape index (κ2) is 7.02. The van der Waals surface area contributed by atoms with E-state index in [9.17, 15) is 8.42 Å². The molecule has 3 heterocycles. The summed E-state index contributed by atoms with van der Waals surface area (Å²) in [5.41, 5.74) is 1.30. The zero-order valence-electron chi connectivity index (χ0n) is 14.7. The van der Waals surface area contributed by atoms with Crippen LogP contribution in [0.25, 0.3) is 11.2 Å². The number of rotatable bonds is 4. The molecule has 0 unspecified atom stereocenters. The number of nitrogens with zero attached hydrogens (tertiary/aromatic N) is 7. The molecule has 0 atom stereocenters. The molecule has 9 nitrogen and oxygen atoms in total. The number of anilines is 1. The van der Waals surface area contributed by atoms with E-state index < -0.39 is 10.0 Å². The van der Waals surface area contributed by atoms with E-state index in [-0.39, 0.29) is 9.92 Å². The number of aromatic nitrogens is 5. The Morgan fingerprint density at radius 1 is 1.11 bits per heavy atom. The molecular weight excluding hydrogens is 390 g/mol. The van der Waals surface area contributed by atoms with Crippen LogP contribution in [0.5, 0.6) is 0 Å². The fraction of sp³-hybridized carbons (Fsp3) is 0.375. The number of fused-ring (bicyclic) bond motifs is 1. The van der Waals surface area contributed by atoms with E-state index in [2.05, 4.69) is 20.3 Å². The minimum atomic E-state index is -3.63. The predicted octanol–water partition coefficient (Wildman–Crippen LogP) is 1.41. The highest BCUT2D eigenvalue weighted by molar-refractivity contribution is 7.89. The van der Waals surface area contributed by atoms with Crippen LogP contribution in [0.3, 0.4) is 0 Å². The Morgan fingerprint density at radius 3 is 2.56 bits per heavy atom. The van der Waals surface area contributed by atoms with Crippen LogP contribution in [0.4, 0.5) is 5.82 Å². The summed E-state index contributed by atoms with van der Waals surface area (Å²) in [6.45, 7) is 4.29. The van der Waals surface area contributed by atoms with Crippen LogP contribution >= 0.6 is 11.6 Å². The summed E-state index contributed by atoms with van der Waals surface area (Å²) in [5, 5.41) is 8.51. The van der Waals surface area contributed by atoms with Gasteiger partial charge in [-0.1, -0.05) is 28.9 Å². The van der Waals surface area contributed by atoms with Gasteiger partial charge in [-0.05, 0) is 19.1 Å². The van der Waals surface area contributed by atoms with Gasteiger partial charge in [0, 0.05) is 32.7 Å². The molecule has 0 saturated carbocycles. The van der Waals surface area contributed by atoms with Gasteiger partial charge in [0.2, 0.25) is 10.0 Å². The molecule has 1 aliphatic heterocycles. The topological polar surface area (TPSA) is 97.1 Å². The minimum absolute atomic E-state index is 0.135. The highest BCUT2D eigenvalue weighted by Gasteiger charge is 2.31. The van der Waals surface area contributed by atoms with Crippen LogP contribution in [0.1, 0.15) is 6.92 Å². The van der Waals surface area contributed by atoms with Crippen molar-refractivity contribution >= 4 is 38.6 Å². The highest BCUT2D eigenvalue weighted by Crippen LogP contribution is 2.27. The summed E-state index contributed by atoms with van der Waals surface area (Å²) in [7, 11) is -3.63. The average Bonchev–Trinajstić information content (AvgIpc) is 3.11. The van der Waals surface area contributed by atoms with Gasteiger partial charge >= 0.3 is 0 Å². The predicted molar refractivity (Wildman–Crippen MR) is 101 cm³/mol. The maximum absolute atomic E-state index is 12.9. The van der Waals surface area contributed by atoms with E-state index in [1.54, 1.807) is 22.9 Å². The maximum Gasteiger partial charge on any atom is 0.244 e. The molecule has 27 heavy (non-hydrogen) atoms. The lowest BCUT2D eigenvalue weighted by Gasteiger charge is -2.34. The molecule has 4 rings (SSSR count). The van der Waals surface area contributed by atoms with Crippen LogP contribution < -0.4 is 4.90 Å². The molecule has 1 aliphatic rings. The van der Waals surface area contributed by atoms with Crippen molar-refractivity contribution in [3.8, 4) is 0 Å². The number of benzene rings is 1. The van der Waals surface area contributed by atoms with Gasteiger partial charge in [-0.15, -0.1) is 5.10 Å². The Bertz CT molecular complexity index is 1080. The first-order chi connectivity index (χ1) is 13.0. The number of sulfonamides is 1. The molecule has 0 radical (unpaired) electrons. The second-order valence-corrected chi connectivity index (χ2v) is 8.41. The molecule has 142 valence electrons. The Balaban J connectivity index is 1.56. The van der Waals surface area contributed by atoms with Crippen LogP contribution in [0.2, 0.25) is 5.02 Å². The summed E-state index contributed by atoms with van der Waals surface area (Å²) < 4.78 is 28.9. The number of hydrogen-bond acceptors (Lipinski definition) is 7. The summed E-state index contributed by atoms with van der Waals surface area (Å²) in [6, 6.07) is 6.49. The average molecular weight is 408 g/mol. The first-order valence-electron chi connectivity index (χ1n) is 8.56. The minimum Gasteiger partial charge on any atom is -0.352 e. The van der Waals surface area contributed by atoms with Crippen molar-refractivity contribution in [2.45, 2.75) is 18.4 Å². The van der Waals surface area contributed by atoms with Gasteiger partial charge in [-0.2, -0.15) is 4.31 Å². The summed E-state index contributed by atoms with van der Waals surface area (Å²) in [5.74, 6) is 0.675. The summed E-state index contributed by atoms with van der Waals surface area (Å²) in [6.07, 6.45) is 1.49. The van der Waals surface area contributed by atoms with Gasteiger partial charge in [0.05, 0.1) is 5.02 Å². The third-order valence-electron chi connectivity index (χ3n) is 4.57. The third kappa shape index (κ3) is 3.13. The van der Waals surface area contributed by atoms with Gasteiger partial charge in [-0.3, -0.25) is 0 Å². The first kappa shape index (κ1) is 18.1. The standard InChI is InChI=1S/C16H18ClN7O2S/c1-2-24-16-14(20-21-24)15(18-11-19-16)22-7-9-23(10-8-22)27(25,26)13-6-4-3-5-12(13)17/h3-6,11H,2,7-10H2,1H3. The van der Waals surface area contributed by atoms with E-state index in [1.807, 2.05) is 11.8 Å². The van der Waals surface area contributed by atoms with Gasteiger partial charge < -0.3 is 4.90 Å². The van der Waals surface area contributed by atoms with E-state index in [1.165, 1.54) is 16.7 Å². The Kier molecular flexibility index (Phi) is 4.70. The van der Waals surface area contributed by atoms with E-state index >= 15 is 0 Å². The van der Waals surface area contributed by atoms with Crippen molar-refractivity contribution in [2.75, 3.05) is 31.1 Å². The van der Waals surface area contributed by atoms with Gasteiger partial charge in [0.25, 0.3) is 0 Å². The van der Waals surface area contributed by atoms with Gasteiger partial charge in [0.15, 0.2) is 17.0 Å². The molecule has 0 aliphatic carbocycles. The molecule has 2 aromatic heterocycles. The fourth-order valence-electron chi connectivity index (χ4n) is 3.16. The van der Waals surface area contributed by atoms with Crippen molar-refractivity contribution in [1.29, 1.82) is 0 Å². The molecule has 0 amide bonds. The summed E-state index contributed by atoms with van der Waals surface area (Å²) >= 11 is 6.08. The SMILES string of the molecule is CCn1nnc2c(N3CCN(S(=O)(=O)c4ccccc4Cl)CC3)ncnc21. The smallest absolute Gasteiger partial charge is 0.244 e. The zero-order valence-corrected chi connectivity index (χ0v) is 16.2. The first-order valence-corrected chi connectivity index (χ1v) is 10.4. The molecule has 0 N–H and O–H groups in total. The molecule has 1 fully saturated rings. The van der Waals surface area contributed by atoms with Crippen molar-refractivity contribution in [3.05, 3.63) is 35.6 Å². The largest absolute Gasteiger partial charge is 0.352 e. The Labute approximate surface area is 161 Å². The number of halogens is 1. The molecule has 1 saturated heterocycles. The van der Waals surface area contributed by atoms with Crippen molar-refractivity contribution < 1.29 is 8.42 Å². The van der Waals surface area contributed by atoms with E-state index in [4.69, 9.17) is 11.6 Å². The van der Waals surface area contributed by atoms with E-state index in [0.717, 1.165) is 0 Å². The van der Waals surface area contributed by atoms with Crippen molar-refractivity contribution in [2.24, 2.45) is 0 Å². The number of aryl methyl sites for hydroxylation is 1. The second-order valence-electron chi connectivity index (χ2n) is 6.10. The van der Waals surface area contributed by atoms with Crippen molar-refractivity contribution in [1.82, 2.24) is 29.3 Å². The Hall–Kier alpha value is -2.30. The van der Waals surface area contributed by atoms with Crippen molar-refractivity contribution in [3.63, 3.8) is 0 Å². The van der Waals surface area contributed by atoms with Crippen LogP contribution in [0, 0.1) is 0 Å². The van der Waals surface area contributed by atoms with Gasteiger partial charge in [0.1, 0.15) is 11.2 Å². The van der Waals surface area contributed by atoms with Gasteiger partial charge in [-0.25, -0.2) is 23.1 Å². The van der Waals surface area contributed by atoms with E-state index in [0.29, 0.717) is 49.7 Å². The lowest BCUT2D eigenvalue weighted by Crippen LogP contribution is -2.49. The third-order valence-corrected chi connectivity index (χ3v) is 6.97. The lowest BCUT2D eigenvalue weighted by molar-refractivity contribution is 0.384. The monoisotopic (exact) mass is 407 g/mol. The molecule has 1 aromatic carbocycles. The lowest BCUT2D eigenvalue weighted by atomic mass is 10.3. The zero-order chi connectivity index (χ0) is 19.0. The summed E-state index contributed by atoms with van der Waals surface area (Å²) in [4.78, 5) is 10.7. The molecule has 11 heteroatoms. The molecule has 0 bridgehead atoms. The fourth-order valence-corrected chi connectivity index (χ4v) is 5.07. The Morgan fingerprint density at radius 2 is 1.85 bits per heavy atom. The number of piperazine rings is 1. The highest BCUT2D eigenvalue weighted by atomic mass is 35.5. The maximum atomic E-state index is 12.9. The van der Waals surface area contributed by atoms with Crippen LogP contribution in [-0.4, -0.2) is 63.9 Å². The quantitative estimate of drug-likeness (QED) is 0.644. The normalized spacial score (nSPS) is 16.1.